The van der Waals surface area contributed by atoms with Crippen molar-refractivity contribution >= 4 is 12.0 Å². The molecule has 0 spiro atoms. The fraction of sp³-hybridized carbons (Fsp3) is 0.579. The summed E-state index contributed by atoms with van der Waals surface area (Å²) in [6.07, 6.45) is 3.98. The highest BCUT2D eigenvalue weighted by Crippen LogP contribution is 2.22. The molecule has 0 aliphatic heterocycles. The average molecular weight is 348 g/mol. The fourth-order valence-corrected chi connectivity index (χ4v) is 3.39. The van der Waals surface area contributed by atoms with Gasteiger partial charge in [0.1, 0.15) is 0 Å². The molecule has 1 saturated carbocycles. The van der Waals surface area contributed by atoms with Crippen molar-refractivity contribution in [3.8, 4) is 0 Å². The number of amides is 2. The quantitative estimate of drug-likeness (QED) is 0.706. The van der Waals surface area contributed by atoms with Crippen molar-refractivity contribution in [1.29, 1.82) is 0 Å². The van der Waals surface area contributed by atoms with Crippen LogP contribution in [0.4, 0.5) is 4.79 Å². The van der Waals surface area contributed by atoms with Crippen molar-refractivity contribution in [3.63, 3.8) is 0 Å². The van der Waals surface area contributed by atoms with Crippen LogP contribution in [-0.4, -0.2) is 52.3 Å². The van der Waals surface area contributed by atoms with Gasteiger partial charge in [-0.05, 0) is 31.2 Å². The van der Waals surface area contributed by atoms with Gasteiger partial charge in [-0.3, -0.25) is 4.79 Å². The summed E-state index contributed by atoms with van der Waals surface area (Å²) in [6.45, 7) is 0. The Bertz CT molecular complexity index is 564. The molecule has 0 aromatic heterocycles. The Morgan fingerprint density at radius 3 is 2.56 bits per heavy atom. The number of aliphatic hydroxyl groups excluding tert-OH is 1. The van der Waals surface area contributed by atoms with E-state index in [1.165, 1.54) is 0 Å². The van der Waals surface area contributed by atoms with Gasteiger partial charge in [-0.25, -0.2) is 4.79 Å². The number of carboxylic acid groups (broad SMARTS) is 1. The van der Waals surface area contributed by atoms with E-state index in [9.17, 15) is 14.7 Å². The van der Waals surface area contributed by atoms with E-state index in [0.29, 0.717) is 12.8 Å². The lowest BCUT2D eigenvalue weighted by Crippen LogP contribution is -2.52. The summed E-state index contributed by atoms with van der Waals surface area (Å²) >= 11 is 0. The molecule has 1 aromatic carbocycles. The van der Waals surface area contributed by atoms with E-state index in [2.05, 4.69) is 5.32 Å². The van der Waals surface area contributed by atoms with Gasteiger partial charge in [0.25, 0.3) is 0 Å². The Balaban J connectivity index is 1.98. The molecule has 0 radical (unpaired) electrons. The van der Waals surface area contributed by atoms with E-state index < -0.39 is 12.1 Å². The van der Waals surface area contributed by atoms with Crippen molar-refractivity contribution in [2.24, 2.45) is 0 Å². The van der Waals surface area contributed by atoms with Crippen molar-refractivity contribution in [2.75, 3.05) is 7.05 Å². The minimum Gasteiger partial charge on any atom is -0.481 e. The van der Waals surface area contributed by atoms with Gasteiger partial charge in [0.05, 0.1) is 12.1 Å². The second-order valence-electron chi connectivity index (χ2n) is 6.80. The summed E-state index contributed by atoms with van der Waals surface area (Å²) in [5.41, 5.74) is 1.05. The van der Waals surface area contributed by atoms with Crippen LogP contribution in [0.3, 0.4) is 0 Å². The Labute approximate surface area is 148 Å². The lowest BCUT2D eigenvalue weighted by atomic mass is 9.92. The fourth-order valence-electron chi connectivity index (χ4n) is 3.39. The lowest BCUT2D eigenvalue weighted by molar-refractivity contribution is -0.137. The van der Waals surface area contributed by atoms with Crippen LogP contribution in [0.25, 0.3) is 0 Å². The maximum Gasteiger partial charge on any atom is 0.317 e. The largest absolute Gasteiger partial charge is 0.481 e. The van der Waals surface area contributed by atoms with Gasteiger partial charge in [0.15, 0.2) is 0 Å². The zero-order chi connectivity index (χ0) is 18.2. The van der Waals surface area contributed by atoms with Crippen LogP contribution in [0.2, 0.25) is 0 Å². The van der Waals surface area contributed by atoms with Crippen LogP contribution in [0.5, 0.6) is 0 Å². The number of hydrogen-bond donors (Lipinski definition) is 3. The third-order valence-corrected chi connectivity index (χ3v) is 4.87. The molecule has 138 valence electrons. The van der Waals surface area contributed by atoms with E-state index in [-0.39, 0.29) is 24.5 Å². The molecule has 1 fully saturated rings. The standard InChI is InChI=1S/C19H28N2O4/c1-21(16-9-5-6-10-17(16)22)19(25)20-15(11-12-18(23)24)13-14-7-3-2-4-8-14/h2-4,7-8,15-17,22H,5-6,9-13H2,1H3,(H,20,25)(H,23,24)/t15?,16-,17-/m1/s1. The number of carbonyl (C=O) groups is 2. The third-order valence-electron chi connectivity index (χ3n) is 4.87. The zero-order valence-corrected chi connectivity index (χ0v) is 14.7. The molecule has 1 aliphatic rings. The molecule has 0 bridgehead atoms. The van der Waals surface area contributed by atoms with Crippen LogP contribution in [0, 0.1) is 0 Å². The average Bonchev–Trinajstić information content (AvgIpc) is 2.60. The van der Waals surface area contributed by atoms with Crippen molar-refractivity contribution in [3.05, 3.63) is 35.9 Å². The summed E-state index contributed by atoms with van der Waals surface area (Å²) in [6, 6.07) is 9.03. The highest BCUT2D eigenvalue weighted by molar-refractivity contribution is 5.75. The maximum atomic E-state index is 12.6. The predicted octanol–water partition coefficient (Wildman–Crippen LogP) is 2.41. The Morgan fingerprint density at radius 1 is 1.24 bits per heavy atom. The molecule has 6 heteroatoms. The minimum atomic E-state index is -0.872. The van der Waals surface area contributed by atoms with E-state index in [1.54, 1.807) is 11.9 Å². The predicted molar refractivity (Wildman–Crippen MR) is 95.4 cm³/mol. The molecular formula is C19H28N2O4. The minimum absolute atomic E-state index is 0.00749. The first kappa shape index (κ1) is 19.2. The van der Waals surface area contributed by atoms with Crippen LogP contribution >= 0.6 is 0 Å². The van der Waals surface area contributed by atoms with Gasteiger partial charge >= 0.3 is 12.0 Å². The van der Waals surface area contributed by atoms with Crippen LogP contribution in [0.1, 0.15) is 44.1 Å². The van der Waals surface area contributed by atoms with E-state index in [4.69, 9.17) is 5.11 Å². The van der Waals surface area contributed by atoms with Gasteiger partial charge in [-0.1, -0.05) is 43.2 Å². The highest BCUT2D eigenvalue weighted by Gasteiger charge is 2.30. The van der Waals surface area contributed by atoms with E-state index in [0.717, 1.165) is 31.2 Å². The molecule has 0 heterocycles. The monoisotopic (exact) mass is 348 g/mol. The van der Waals surface area contributed by atoms with Crippen molar-refractivity contribution in [1.82, 2.24) is 10.2 Å². The highest BCUT2D eigenvalue weighted by atomic mass is 16.4. The zero-order valence-electron chi connectivity index (χ0n) is 14.7. The number of aliphatic carboxylic acids is 1. The molecule has 0 saturated heterocycles. The molecule has 3 N–H and O–H groups in total. The summed E-state index contributed by atoms with van der Waals surface area (Å²) in [4.78, 5) is 25.1. The third kappa shape index (κ3) is 6.05. The first-order valence-electron chi connectivity index (χ1n) is 8.94. The number of carboxylic acids is 1. The number of carbonyl (C=O) groups excluding carboxylic acids is 1. The molecule has 2 rings (SSSR count). The van der Waals surface area contributed by atoms with Gasteiger partial charge in [0, 0.05) is 19.5 Å². The number of nitrogens with zero attached hydrogens (tertiary/aromatic N) is 1. The molecule has 1 aromatic rings. The SMILES string of the molecule is CN(C(=O)NC(CCC(=O)O)Cc1ccccc1)[C@@H]1CCCC[C@H]1O. The number of benzene rings is 1. The summed E-state index contributed by atoms with van der Waals surface area (Å²) in [5, 5.41) is 22.0. The first-order chi connectivity index (χ1) is 12.0. The molecule has 6 nitrogen and oxygen atoms in total. The Kier molecular flexibility index (Phi) is 7.25. The number of hydrogen-bond acceptors (Lipinski definition) is 3. The molecule has 3 atom stereocenters. The summed E-state index contributed by atoms with van der Waals surface area (Å²) in [7, 11) is 1.70. The molecule has 1 unspecified atom stereocenters. The summed E-state index contributed by atoms with van der Waals surface area (Å²) in [5.74, 6) is -0.872. The van der Waals surface area contributed by atoms with E-state index >= 15 is 0 Å². The molecule has 25 heavy (non-hydrogen) atoms. The maximum absolute atomic E-state index is 12.6. The molecule has 2 amide bonds. The van der Waals surface area contributed by atoms with Crippen molar-refractivity contribution in [2.45, 2.75) is 63.1 Å². The Morgan fingerprint density at radius 2 is 1.92 bits per heavy atom. The normalized spacial score (nSPS) is 21.4. The van der Waals surface area contributed by atoms with Crippen molar-refractivity contribution < 1.29 is 19.8 Å². The molecular weight excluding hydrogens is 320 g/mol. The van der Waals surface area contributed by atoms with Crippen LogP contribution in [-0.2, 0) is 11.2 Å². The van der Waals surface area contributed by atoms with Crippen LogP contribution < -0.4 is 5.32 Å². The number of likely N-dealkylation sites (N-methyl/N-ethyl adjacent to an activating group) is 1. The van der Waals surface area contributed by atoms with Gasteiger partial charge < -0.3 is 20.4 Å². The van der Waals surface area contributed by atoms with E-state index in [1.807, 2.05) is 30.3 Å². The van der Waals surface area contributed by atoms with Gasteiger partial charge in [-0.2, -0.15) is 0 Å². The number of aliphatic hydroxyl groups is 1. The smallest absolute Gasteiger partial charge is 0.317 e. The number of urea groups is 1. The number of nitrogens with one attached hydrogen (secondary N) is 1. The lowest BCUT2D eigenvalue weighted by Gasteiger charge is -2.36. The van der Waals surface area contributed by atoms with Gasteiger partial charge in [-0.15, -0.1) is 0 Å². The second-order valence-corrected chi connectivity index (χ2v) is 6.80. The first-order valence-corrected chi connectivity index (χ1v) is 8.94. The topological polar surface area (TPSA) is 89.9 Å². The Hall–Kier alpha value is -2.08. The number of rotatable bonds is 7. The molecule has 1 aliphatic carbocycles. The van der Waals surface area contributed by atoms with Gasteiger partial charge in [0.2, 0.25) is 0 Å². The van der Waals surface area contributed by atoms with Crippen LogP contribution in [0.15, 0.2) is 30.3 Å². The summed E-state index contributed by atoms with van der Waals surface area (Å²) < 4.78 is 0. The second kappa shape index (κ2) is 9.42.